The Labute approximate surface area is 181 Å². The van der Waals surface area contributed by atoms with Gasteiger partial charge in [0.25, 0.3) is 0 Å². The van der Waals surface area contributed by atoms with Crippen LogP contribution in [-0.2, 0) is 0 Å². The first-order valence-corrected chi connectivity index (χ1v) is 10.9. The molecule has 2 atom stereocenters. The molecule has 1 saturated heterocycles. The number of nitrogens with zero attached hydrogens (tertiary/aromatic N) is 6. The first-order chi connectivity index (χ1) is 14.8. The molecule has 3 aromatic rings. The lowest BCUT2D eigenvalue weighted by atomic mass is 9.90. The lowest BCUT2D eigenvalue weighted by Crippen LogP contribution is -2.35. The molecule has 2 aromatic heterocycles. The van der Waals surface area contributed by atoms with Gasteiger partial charge in [-0.3, -0.25) is 4.57 Å². The molecule has 2 aliphatic rings. The Kier molecular flexibility index (Phi) is 5.53. The summed E-state index contributed by atoms with van der Waals surface area (Å²) >= 11 is 5.89. The molecule has 8 heteroatoms. The van der Waals surface area contributed by atoms with E-state index < -0.39 is 0 Å². The number of benzene rings is 1. The van der Waals surface area contributed by atoms with Crippen molar-refractivity contribution >= 4 is 17.5 Å². The molecule has 0 amide bonds. The number of aromatic nitrogens is 5. The van der Waals surface area contributed by atoms with Crippen LogP contribution in [0.2, 0.25) is 5.02 Å². The van der Waals surface area contributed by atoms with Gasteiger partial charge in [-0.1, -0.05) is 11.6 Å². The fourth-order valence-electron chi connectivity index (χ4n) is 4.55. The van der Waals surface area contributed by atoms with Gasteiger partial charge >= 0.3 is 0 Å². The summed E-state index contributed by atoms with van der Waals surface area (Å²) in [7, 11) is 0. The summed E-state index contributed by atoms with van der Waals surface area (Å²) in [6, 6.07) is 8.07. The molecule has 0 radical (unpaired) electrons. The van der Waals surface area contributed by atoms with Gasteiger partial charge < -0.3 is 9.64 Å². The van der Waals surface area contributed by atoms with Gasteiger partial charge in [-0.2, -0.15) is 0 Å². The highest BCUT2D eigenvalue weighted by Crippen LogP contribution is 2.49. The standard InChI is InChI=1S/C22H25ClN6O/c23-18-12-24-22(25-13-18)28-8-5-16(6-9-28)21-11-17(21)7-10-30-20-3-1-19(2-4-20)29-14-26-27-15-29/h1-4,12-17,21H,5-11H2. The van der Waals surface area contributed by atoms with Crippen molar-refractivity contribution in [3.63, 3.8) is 0 Å². The van der Waals surface area contributed by atoms with E-state index in [0.717, 1.165) is 61.3 Å². The minimum absolute atomic E-state index is 0.586. The van der Waals surface area contributed by atoms with Gasteiger partial charge in [0.15, 0.2) is 0 Å². The van der Waals surface area contributed by atoms with E-state index >= 15 is 0 Å². The first kappa shape index (κ1) is 19.3. The minimum atomic E-state index is 0.586. The molecule has 2 unspecified atom stereocenters. The van der Waals surface area contributed by atoms with Gasteiger partial charge in [-0.25, -0.2) is 9.97 Å². The van der Waals surface area contributed by atoms with Crippen LogP contribution in [0.5, 0.6) is 5.75 Å². The Balaban J connectivity index is 1.03. The van der Waals surface area contributed by atoms with E-state index in [1.54, 1.807) is 25.0 Å². The molecule has 2 fully saturated rings. The van der Waals surface area contributed by atoms with Gasteiger partial charge in [0.1, 0.15) is 18.4 Å². The van der Waals surface area contributed by atoms with Crippen molar-refractivity contribution in [2.24, 2.45) is 17.8 Å². The summed E-state index contributed by atoms with van der Waals surface area (Å²) in [5, 5.41) is 8.25. The van der Waals surface area contributed by atoms with Crippen LogP contribution in [0.4, 0.5) is 5.95 Å². The van der Waals surface area contributed by atoms with E-state index in [0.29, 0.717) is 5.02 Å². The molecule has 5 rings (SSSR count). The van der Waals surface area contributed by atoms with Crippen LogP contribution >= 0.6 is 11.6 Å². The van der Waals surface area contributed by atoms with Crippen LogP contribution in [0.15, 0.2) is 49.3 Å². The third-order valence-electron chi connectivity index (χ3n) is 6.32. The SMILES string of the molecule is Clc1cnc(N2CCC(C3CC3CCOc3ccc(-n4cnnc4)cc3)CC2)nc1. The highest BCUT2D eigenvalue weighted by Gasteiger charge is 2.43. The summed E-state index contributed by atoms with van der Waals surface area (Å²) in [6.45, 7) is 2.85. The predicted octanol–water partition coefficient (Wildman–Crippen LogP) is 4.03. The molecule has 156 valence electrons. The molecule has 30 heavy (non-hydrogen) atoms. The van der Waals surface area contributed by atoms with Crippen molar-refractivity contribution in [3.05, 3.63) is 54.3 Å². The quantitative estimate of drug-likeness (QED) is 0.570. The summed E-state index contributed by atoms with van der Waals surface area (Å²) in [5.74, 6) is 4.21. The van der Waals surface area contributed by atoms with Gasteiger partial charge in [0.05, 0.1) is 24.0 Å². The second-order valence-corrected chi connectivity index (χ2v) is 8.62. The summed E-state index contributed by atoms with van der Waals surface area (Å²) in [6.07, 6.45) is 11.7. The third kappa shape index (κ3) is 4.41. The topological polar surface area (TPSA) is 69.0 Å². The Bertz CT molecular complexity index is 939. The van der Waals surface area contributed by atoms with Crippen LogP contribution in [-0.4, -0.2) is 44.4 Å². The number of rotatable bonds is 7. The van der Waals surface area contributed by atoms with Crippen molar-refractivity contribution in [2.75, 3.05) is 24.6 Å². The van der Waals surface area contributed by atoms with E-state index in [2.05, 4.69) is 25.1 Å². The molecule has 1 aliphatic carbocycles. The average Bonchev–Trinajstić information content (AvgIpc) is 3.34. The van der Waals surface area contributed by atoms with Gasteiger partial charge in [-0.15, -0.1) is 10.2 Å². The second-order valence-electron chi connectivity index (χ2n) is 8.19. The monoisotopic (exact) mass is 424 g/mol. The van der Waals surface area contributed by atoms with Crippen LogP contribution < -0.4 is 9.64 Å². The van der Waals surface area contributed by atoms with Crippen LogP contribution in [0.3, 0.4) is 0 Å². The smallest absolute Gasteiger partial charge is 0.225 e. The average molecular weight is 425 g/mol. The van der Waals surface area contributed by atoms with Crippen molar-refractivity contribution in [1.29, 1.82) is 0 Å². The molecule has 0 N–H and O–H groups in total. The van der Waals surface area contributed by atoms with E-state index in [4.69, 9.17) is 16.3 Å². The third-order valence-corrected chi connectivity index (χ3v) is 6.52. The molecule has 7 nitrogen and oxygen atoms in total. The van der Waals surface area contributed by atoms with Crippen molar-refractivity contribution < 1.29 is 4.74 Å². The van der Waals surface area contributed by atoms with E-state index in [-0.39, 0.29) is 0 Å². The maximum atomic E-state index is 5.97. The lowest BCUT2D eigenvalue weighted by molar-refractivity contribution is 0.284. The summed E-state index contributed by atoms with van der Waals surface area (Å²) < 4.78 is 7.85. The van der Waals surface area contributed by atoms with Crippen LogP contribution in [0, 0.1) is 17.8 Å². The first-order valence-electron chi connectivity index (χ1n) is 10.6. The minimum Gasteiger partial charge on any atom is -0.494 e. The van der Waals surface area contributed by atoms with Gasteiger partial charge in [-0.05, 0) is 67.7 Å². The van der Waals surface area contributed by atoms with Crippen molar-refractivity contribution in [2.45, 2.75) is 25.7 Å². The van der Waals surface area contributed by atoms with Crippen LogP contribution in [0.25, 0.3) is 5.69 Å². The van der Waals surface area contributed by atoms with Crippen molar-refractivity contribution in [1.82, 2.24) is 24.7 Å². The van der Waals surface area contributed by atoms with E-state index in [1.807, 2.05) is 28.8 Å². The second kappa shape index (κ2) is 8.60. The maximum absolute atomic E-state index is 5.97. The maximum Gasteiger partial charge on any atom is 0.225 e. The van der Waals surface area contributed by atoms with Gasteiger partial charge in [0.2, 0.25) is 5.95 Å². The summed E-state index contributed by atoms with van der Waals surface area (Å²) in [4.78, 5) is 11.0. The van der Waals surface area contributed by atoms with E-state index in [9.17, 15) is 0 Å². The number of ether oxygens (including phenoxy) is 1. The predicted molar refractivity (Wildman–Crippen MR) is 115 cm³/mol. The zero-order chi connectivity index (χ0) is 20.3. The Morgan fingerprint density at radius 2 is 1.70 bits per heavy atom. The van der Waals surface area contributed by atoms with Gasteiger partial charge in [0, 0.05) is 18.8 Å². The molecule has 0 spiro atoms. The molecule has 1 saturated carbocycles. The molecule has 0 bridgehead atoms. The molecular formula is C22H25ClN6O. The zero-order valence-electron chi connectivity index (χ0n) is 16.8. The number of anilines is 1. The number of halogens is 1. The fourth-order valence-corrected chi connectivity index (χ4v) is 4.65. The number of piperidine rings is 1. The normalized spacial score (nSPS) is 21.6. The highest BCUT2D eigenvalue weighted by atomic mass is 35.5. The number of hydrogen-bond acceptors (Lipinski definition) is 6. The molecule has 3 heterocycles. The van der Waals surface area contributed by atoms with Crippen molar-refractivity contribution in [3.8, 4) is 11.4 Å². The molecule has 1 aliphatic heterocycles. The fraction of sp³-hybridized carbons (Fsp3) is 0.455. The molecular weight excluding hydrogens is 400 g/mol. The zero-order valence-corrected chi connectivity index (χ0v) is 17.5. The Morgan fingerprint density at radius 3 is 2.40 bits per heavy atom. The Morgan fingerprint density at radius 1 is 1.00 bits per heavy atom. The lowest BCUT2D eigenvalue weighted by Gasteiger charge is -2.32. The largest absolute Gasteiger partial charge is 0.494 e. The summed E-state index contributed by atoms with van der Waals surface area (Å²) in [5.41, 5.74) is 1.03. The van der Waals surface area contributed by atoms with E-state index in [1.165, 1.54) is 19.3 Å². The van der Waals surface area contributed by atoms with Crippen LogP contribution in [0.1, 0.15) is 25.7 Å². The molecule has 1 aromatic carbocycles. The Hall–Kier alpha value is -2.67. The number of hydrogen-bond donors (Lipinski definition) is 0. The highest BCUT2D eigenvalue weighted by molar-refractivity contribution is 6.30.